The maximum atomic E-state index is 12.9. The molecule has 1 unspecified atom stereocenters. The molecule has 0 aliphatic rings. The Morgan fingerprint density at radius 3 is 2.50 bits per heavy atom. The van der Waals surface area contributed by atoms with Crippen molar-refractivity contribution in [3.63, 3.8) is 0 Å². The second-order valence-electron chi connectivity index (χ2n) is 7.64. The predicted molar refractivity (Wildman–Crippen MR) is 114 cm³/mol. The number of aromatic nitrogens is 3. The number of nitrogens with zero attached hydrogens (tertiary/aromatic N) is 3. The van der Waals surface area contributed by atoms with E-state index in [1.165, 1.54) is 6.33 Å². The highest BCUT2D eigenvalue weighted by Gasteiger charge is 2.22. The summed E-state index contributed by atoms with van der Waals surface area (Å²) < 4.78 is 1.74. The van der Waals surface area contributed by atoms with Crippen molar-refractivity contribution in [2.45, 2.75) is 39.4 Å². The Bertz CT molecular complexity index is 955. The molecule has 0 aliphatic heterocycles. The van der Waals surface area contributed by atoms with Crippen molar-refractivity contribution in [2.75, 3.05) is 0 Å². The highest BCUT2D eigenvalue weighted by atomic mass is 16.2. The fraction of sp³-hybridized carbons (Fsp3) is 0.304. The average molecular weight is 406 g/mol. The zero-order valence-corrected chi connectivity index (χ0v) is 17.3. The van der Waals surface area contributed by atoms with Gasteiger partial charge in [0.05, 0.1) is 6.54 Å². The zero-order valence-electron chi connectivity index (χ0n) is 17.3. The molecular weight excluding hydrogens is 378 g/mol. The minimum absolute atomic E-state index is 0.135. The molecule has 30 heavy (non-hydrogen) atoms. The molecule has 0 bridgehead atoms. The van der Waals surface area contributed by atoms with Crippen LogP contribution in [-0.4, -0.2) is 26.6 Å². The molecule has 7 heteroatoms. The monoisotopic (exact) mass is 405 g/mol. The smallest absolute Gasteiger partial charge is 0.247 e. The topological polar surface area (TPSA) is 88.9 Å². The summed E-state index contributed by atoms with van der Waals surface area (Å²) in [4.78, 5) is 29.2. The first-order valence-corrected chi connectivity index (χ1v) is 10.0. The standard InChI is InChI=1S/C23H27N5O2/c1-17(2)11-21(29)27-22(20-9-4-3-5-10-20)23(30)25-13-18-7-6-8-19(12-18)14-28-16-24-15-26-28/h3-10,12,15-17,22H,11,13-14H2,1-2H3,(H,25,30)(H,27,29). The number of rotatable bonds is 9. The van der Waals surface area contributed by atoms with Gasteiger partial charge in [-0.25, -0.2) is 9.67 Å². The number of nitrogens with one attached hydrogen (secondary N) is 2. The molecular formula is C23H27N5O2. The lowest BCUT2D eigenvalue weighted by molar-refractivity contribution is -0.129. The van der Waals surface area contributed by atoms with Gasteiger partial charge in [0.1, 0.15) is 18.7 Å². The minimum Gasteiger partial charge on any atom is -0.350 e. The maximum Gasteiger partial charge on any atom is 0.247 e. The van der Waals surface area contributed by atoms with Crippen LogP contribution in [-0.2, 0) is 22.7 Å². The fourth-order valence-electron chi connectivity index (χ4n) is 3.17. The van der Waals surface area contributed by atoms with Crippen molar-refractivity contribution in [1.82, 2.24) is 25.4 Å². The van der Waals surface area contributed by atoms with Gasteiger partial charge in [-0.2, -0.15) is 5.10 Å². The zero-order chi connectivity index (χ0) is 21.3. The molecule has 2 amide bonds. The summed E-state index contributed by atoms with van der Waals surface area (Å²) in [7, 11) is 0. The van der Waals surface area contributed by atoms with Gasteiger partial charge in [-0.3, -0.25) is 9.59 Å². The van der Waals surface area contributed by atoms with Gasteiger partial charge in [0, 0.05) is 13.0 Å². The van der Waals surface area contributed by atoms with E-state index in [0.29, 0.717) is 19.5 Å². The Hall–Kier alpha value is -3.48. The second kappa shape index (κ2) is 10.3. The van der Waals surface area contributed by atoms with Crippen molar-refractivity contribution < 1.29 is 9.59 Å². The molecule has 1 atom stereocenters. The van der Waals surface area contributed by atoms with Crippen molar-refractivity contribution in [1.29, 1.82) is 0 Å². The predicted octanol–water partition coefficient (Wildman–Crippen LogP) is 2.85. The molecule has 3 rings (SSSR count). The normalized spacial score (nSPS) is 11.8. The highest BCUT2D eigenvalue weighted by molar-refractivity contribution is 5.88. The number of hydrogen-bond acceptors (Lipinski definition) is 4. The molecule has 0 spiro atoms. The summed E-state index contributed by atoms with van der Waals surface area (Å²) in [6.45, 7) is 4.93. The maximum absolute atomic E-state index is 12.9. The van der Waals surface area contributed by atoms with Gasteiger partial charge < -0.3 is 10.6 Å². The van der Waals surface area contributed by atoms with Crippen LogP contribution in [0.15, 0.2) is 67.3 Å². The van der Waals surface area contributed by atoms with E-state index in [-0.39, 0.29) is 17.7 Å². The third-order valence-corrected chi connectivity index (χ3v) is 4.56. The second-order valence-corrected chi connectivity index (χ2v) is 7.64. The van der Waals surface area contributed by atoms with Gasteiger partial charge >= 0.3 is 0 Å². The highest BCUT2D eigenvalue weighted by Crippen LogP contribution is 2.15. The SMILES string of the molecule is CC(C)CC(=O)NC(C(=O)NCc1cccc(Cn2cncn2)c1)c1ccccc1. The molecule has 0 saturated carbocycles. The quantitative estimate of drug-likeness (QED) is 0.573. The summed E-state index contributed by atoms with van der Waals surface area (Å²) in [5.41, 5.74) is 2.80. The van der Waals surface area contributed by atoms with E-state index in [0.717, 1.165) is 16.7 Å². The van der Waals surface area contributed by atoms with E-state index < -0.39 is 6.04 Å². The molecule has 0 saturated heterocycles. The Morgan fingerprint density at radius 1 is 1.03 bits per heavy atom. The fourth-order valence-corrected chi connectivity index (χ4v) is 3.17. The van der Waals surface area contributed by atoms with Gasteiger partial charge in [0.25, 0.3) is 0 Å². The first-order chi connectivity index (χ1) is 14.5. The van der Waals surface area contributed by atoms with Crippen molar-refractivity contribution in [2.24, 2.45) is 5.92 Å². The van der Waals surface area contributed by atoms with Crippen LogP contribution < -0.4 is 10.6 Å². The van der Waals surface area contributed by atoms with Crippen molar-refractivity contribution >= 4 is 11.8 Å². The summed E-state index contributed by atoms with van der Waals surface area (Å²) in [5.74, 6) is -0.152. The van der Waals surface area contributed by atoms with E-state index in [9.17, 15) is 9.59 Å². The number of amides is 2. The van der Waals surface area contributed by atoms with E-state index in [4.69, 9.17) is 0 Å². The Balaban J connectivity index is 1.66. The van der Waals surface area contributed by atoms with Crippen LogP contribution in [0.4, 0.5) is 0 Å². The van der Waals surface area contributed by atoms with E-state index in [2.05, 4.69) is 20.7 Å². The van der Waals surface area contributed by atoms with Gasteiger partial charge in [0.15, 0.2) is 0 Å². The third kappa shape index (κ3) is 6.27. The Morgan fingerprint density at radius 2 is 1.80 bits per heavy atom. The number of carbonyl (C=O) groups is 2. The van der Waals surface area contributed by atoms with Crippen LogP contribution in [0.5, 0.6) is 0 Å². The molecule has 3 aromatic rings. The van der Waals surface area contributed by atoms with E-state index in [1.807, 2.05) is 68.4 Å². The van der Waals surface area contributed by atoms with Gasteiger partial charge in [0.2, 0.25) is 11.8 Å². The molecule has 0 fully saturated rings. The Labute approximate surface area is 176 Å². The van der Waals surface area contributed by atoms with Gasteiger partial charge in [-0.15, -0.1) is 0 Å². The Kier molecular flexibility index (Phi) is 7.32. The molecule has 1 heterocycles. The van der Waals surface area contributed by atoms with Crippen LogP contribution in [0, 0.1) is 5.92 Å². The third-order valence-electron chi connectivity index (χ3n) is 4.56. The first-order valence-electron chi connectivity index (χ1n) is 10.0. The minimum atomic E-state index is -0.726. The average Bonchev–Trinajstić information content (AvgIpc) is 3.24. The first kappa shape index (κ1) is 21.2. The number of benzene rings is 2. The van der Waals surface area contributed by atoms with E-state index >= 15 is 0 Å². The molecule has 156 valence electrons. The van der Waals surface area contributed by atoms with Gasteiger partial charge in [-0.05, 0) is 22.6 Å². The lowest BCUT2D eigenvalue weighted by Crippen LogP contribution is -2.40. The van der Waals surface area contributed by atoms with E-state index in [1.54, 1.807) is 11.0 Å². The summed E-state index contributed by atoms with van der Waals surface area (Å²) >= 11 is 0. The molecule has 2 aromatic carbocycles. The summed E-state index contributed by atoms with van der Waals surface area (Å²) in [6.07, 6.45) is 3.54. The molecule has 1 aromatic heterocycles. The van der Waals surface area contributed by atoms with Gasteiger partial charge in [-0.1, -0.05) is 68.4 Å². The van der Waals surface area contributed by atoms with Crippen LogP contribution in [0.3, 0.4) is 0 Å². The van der Waals surface area contributed by atoms with Crippen molar-refractivity contribution in [3.8, 4) is 0 Å². The largest absolute Gasteiger partial charge is 0.350 e. The number of hydrogen-bond donors (Lipinski definition) is 2. The lowest BCUT2D eigenvalue weighted by Gasteiger charge is -2.20. The van der Waals surface area contributed by atoms with Crippen LogP contribution in [0.25, 0.3) is 0 Å². The molecule has 0 aliphatic carbocycles. The molecule has 7 nitrogen and oxygen atoms in total. The lowest BCUT2D eigenvalue weighted by atomic mass is 10.0. The number of carbonyl (C=O) groups excluding carboxylic acids is 2. The molecule has 2 N–H and O–H groups in total. The summed E-state index contributed by atoms with van der Waals surface area (Å²) in [6, 6.07) is 16.5. The van der Waals surface area contributed by atoms with Crippen molar-refractivity contribution in [3.05, 3.63) is 83.9 Å². The van der Waals surface area contributed by atoms with Crippen LogP contribution in [0.2, 0.25) is 0 Å². The summed E-state index contributed by atoms with van der Waals surface area (Å²) in [5, 5.41) is 9.94. The molecule has 0 radical (unpaired) electrons. The van der Waals surface area contributed by atoms with Crippen LogP contribution in [0.1, 0.15) is 43.0 Å². The van der Waals surface area contributed by atoms with Crippen LogP contribution >= 0.6 is 0 Å².